The fourth-order valence-corrected chi connectivity index (χ4v) is 5.52. The number of amides is 1. The minimum Gasteiger partial charge on any atom is -0.370 e. The summed E-state index contributed by atoms with van der Waals surface area (Å²) in [7, 11) is -3.69. The van der Waals surface area contributed by atoms with Gasteiger partial charge in [0.2, 0.25) is 10.0 Å². The van der Waals surface area contributed by atoms with Gasteiger partial charge in [-0.3, -0.25) is 4.79 Å². The molecule has 1 aliphatic rings. The molecule has 1 aliphatic heterocycles. The lowest BCUT2D eigenvalue weighted by molar-refractivity contribution is 0.0767. The molecule has 3 rings (SSSR count). The fraction of sp³-hybridized carbons (Fsp3) is 0.391. The molecule has 1 amide bonds. The molecule has 0 saturated carbocycles. The zero-order chi connectivity index (χ0) is 23.3. The van der Waals surface area contributed by atoms with Crippen molar-refractivity contribution in [2.24, 2.45) is 0 Å². The van der Waals surface area contributed by atoms with Crippen LogP contribution in [-0.2, 0) is 10.0 Å². The molecule has 0 aliphatic carbocycles. The molecule has 7 nitrogen and oxygen atoms in total. The van der Waals surface area contributed by atoms with Crippen LogP contribution < -0.4 is 4.90 Å². The minimum absolute atomic E-state index is 0.0722. The molecule has 32 heavy (non-hydrogen) atoms. The second kappa shape index (κ2) is 10.3. The second-order valence-electron chi connectivity index (χ2n) is 7.52. The normalized spacial score (nSPS) is 14.8. The van der Waals surface area contributed by atoms with E-state index < -0.39 is 10.0 Å². The topological polar surface area (TPSA) is 84.7 Å². The predicted octanol–water partition coefficient (Wildman–Crippen LogP) is 3.59. The maximum Gasteiger partial charge on any atom is 0.255 e. The van der Waals surface area contributed by atoms with Crippen LogP contribution in [0.5, 0.6) is 0 Å². The molecule has 1 fully saturated rings. The molecule has 0 radical (unpaired) electrons. The summed E-state index contributed by atoms with van der Waals surface area (Å²) < 4.78 is 27.1. The number of halogens is 1. The van der Waals surface area contributed by atoms with E-state index in [1.165, 1.54) is 22.5 Å². The SMILES string of the molecule is CCN(CC)S(=O)(=O)c1ccc(Cl)c(C(=O)N2CCCN(c3ccc(C#N)cc3)CC2)c1. The Kier molecular flexibility index (Phi) is 7.77. The first-order valence-corrected chi connectivity index (χ1v) is 12.5. The highest BCUT2D eigenvalue weighted by Gasteiger charge is 2.26. The third kappa shape index (κ3) is 5.07. The Balaban J connectivity index is 1.79. The first kappa shape index (κ1) is 24.1. The average Bonchev–Trinajstić information content (AvgIpc) is 3.06. The molecule has 0 spiro atoms. The van der Waals surface area contributed by atoms with Crippen molar-refractivity contribution in [3.63, 3.8) is 0 Å². The highest BCUT2D eigenvalue weighted by molar-refractivity contribution is 7.89. The summed E-state index contributed by atoms with van der Waals surface area (Å²) in [4.78, 5) is 17.2. The first-order valence-electron chi connectivity index (χ1n) is 10.7. The maximum atomic E-state index is 13.3. The molecule has 0 atom stereocenters. The largest absolute Gasteiger partial charge is 0.370 e. The molecule has 0 unspecified atom stereocenters. The second-order valence-corrected chi connectivity index (χ2v) is 9.87. The average molecular weight is 475 g/mol. The van der Waals surface area contributed by atoms with Crippen molar-refractivity contribution in [3.05, 3.63) is 58.6 Å². The van der Waals surface area contributed by atoms with Gasteiger partial charge in [0.25, 0.3) is 5.91 Å². The number of nitriles is 1. The van der Waals surface area contributed by atoms with Crippen LogP contribution in [0.4, 0.5) is 5.69 Å². The number of carbonyl (C=O) groups is 1. The molecular formula is C23H27ClN4O3S. The van der Waals surface area contributed by atoms with E-state index in [-0.39, 0.29) is 21.4 Å². The van der Waals surface area contributed by atoms with Crippen LogP contribution in [0.25, 0.3) is 0 Å². The number of carbonyl (C=O) groups excluding carboxylic acids is 1. The van der Waals surface area contributed by atoms with Crippen LogP contribution in [0.15, 0.2) is 47.4 Å². The number of hydrogen-bond donors (Lipinski definition) is 0. The molecule has 1 saturated heterocycles. The van der Waals surface area contributed by atoms with Gasteiger partial charge in [0.05, 0.1) is 27.1 Å². The van der Waals surface area contributed by atoms with Gasteiger partial charge in [-0.05, 0) is 48.9 Å². The summed E-state index contributed by atoms with van der Waals surface area (Å²) in [5.41, 5.74) is 1.81. The number of nitrogens with zero attached hydrogens (tertiary/aromatic N) is 4. The molecule has 170 valence electrons. The number of hydrogen-bond acceptors (Lipinski definition) is 5. The Morgan fingerprint density at radius 3 is 2.38 bits per heavy atom. The van der Waals surface area contributed by atoms with E-state index in [2.05, 4.69) is 11.0 Å². The first-order chi connectivity index (χ1) is 15.3. The van der Waals surface area contributed by atoms with Crippen molar-refractivity contribution in [2.45, 2.75) is 25.2 Å². The highest BCUT2D eigenvalue weighted by atomic mass is 35.5. The quantitative estimate of drug-likeness (QED) is 0.638. The molecule has 9 heteroatoms. The Bertz CT molecular complexity index is 1110. The third-order valence-electron chi connectivity index (χ3n) is 5.66. The fourth-order valence-electron chi connectivity index (χ4n) is 3.84. The summed E-state index contributed by atoms with van der Waals surface area (Å²) in [6.07, 6.45) is 0.765. The smallest absolute Gasteiger partial charge is 0.255 e. The summed E-state index contributed by atoms with van der Waals surface area (Å²) in [6.45, 7) is 6.70. The van der Waals surface area contributed by atoms with Gasteiger partial charge in [-0.25, -0.2) is 8.42 Å². The number of anilines is 1. The third-order valence-corrected chi connectivity index (χ3v) is 8.03. The van der Waals surface area contributed by atoms with Gasteiger partial charge < -0.3 is 9.80 Å². The lowest BCUT2D eigenvalue weighted by Crippen LogP contribution is -2.35. The van der Waals surface area contributed by atoms with E-state index in [0.29, 0.717) is 38.3 Å². The van der Waals surface area contributed by atoms with Crippen LogP contribution in [-0.4, -0.2) is 62.8 Å². The van der Waals surface area contributed by atoms with E-state index in [1.807, 2.05) is 12.1 Å². The van der Waals surface area contributed by atoms with Crippen molar-refractivity contribution >= 4 is 33.2 Å². The van der Waals surface area contributed by atoms with Crippen LogP contribution >= 0.6 is 11.6 Å². The van der Waals surface area contributed by atoms with Crippen molar-refractivity contribution in [3.8, 4) is 6.07 Å². The summed E-state index contributed by atoms with van der Waals surface area (Å²) in [6, 6.07) is 13.8. The predicted molar refractivity (Wildman–Crippen MR) is 125 cm³/mol. The van der Waals surface area contributed by atoms with Crippen LogP contribution in [0.3, 0.4) is 0 Å². The summed E-state index contributed by atoms with van der Waals surface area (Å²) in [5, 5.41) is 9.22. The van der Waals surface area contributed by atoms with Gasteiger partial charge in [0.1, 0.15) is 0 Å². The number of sulfonamides is 1. The van der Waals surface area contributed by atoms with Gasteiger partial charge in [-0.1, -0.05) is 25.4 Å². The van der Waals surface area contributed by atoms with Crippen LogP contribution in [0.2, 0.25) is 5.02 Å². The summed E-state index contributed by atoms with van der Waals surface area (Å²) >= 11 is 6.31. The van der Waals surface area contributed by atoms with Gasteiger partial charge in [-0.2, -0.15) is 9.57 Å². The van der Waals surface area contributed by atoms with Crippen LogP contribution in [0, 0.1) is 11.3 Å². The standard InChI is InChI=1S/C23H27ClN4O3S/c1-3-28(4-2)32(30,31)20-10-11-22(24)21(16-20)23(29)27-13-5-12-26(14-15-27)19-8-6-18(17-25)7-9-19/h6-11,16H,3-5,12-15H2,1-2H3. The minimum atomic E-state index is -3.69. The van der Waals surface area contributed by atoms with Gasteiger partial charge in [-0.15, -0.1) is 0 Å². The Morgan fingerprint density at radius 1 is 1.06 bits per heavy atom. The molecule has 0 N–H and O–H groups in total. The van der Waals surface area contributed by atoms with Crippen molar-refractivity contribution in [2.75, 3.05) is 44.2 Å². The highest BCUT2D eigenvalue weighted by Crippen LogP contribution is 2.25. The van der Waals surface area contributed by atoms with Crippen molar-refractivity contribution < 1.29 is 13.2 Å². The van der Waals surface area contributed by atoms with Gasteiger partial charge in [0, 0.05) is 45.0 Å². The lowest BCUT2D eigenvalue weighted by Gasteiger charge is -2.24. The van der Waals surface area contributed by atoms with E-state index in [1.54, 1.807) is 30.9 Å². The van der Waals surface area contributed by atoms with Crippen molar-refractivity contribution in [1.82, 2.24) is 9.21 Å². The molecule has 2 aromatic carbocycles. The molecule has 1 heterocycles. The lowest BCUT2D eigenvalue weighted by atomic mass is 10.2. The zero-order valence-corrected chi connectivity index (χ0v) is 19.9. The Labute approximate surface area is 194 Å². The van der Waals surface area contributed by atoms with E-state index in [0.717, 1.165) is 18.7 Å². The zero-order valence-electron chi connectivity index (χ0n) is 18.3. The Hall–Kier alpha value is -2.60. The van der Waals surface area contributed by atoms with E-state index in [9.17, 15) is 13.2 Å². The molecule has 2 aromatic rings. The number of benzene rings is 2. The summed E-state index contributed by atoms with van der Waals surface area (Å²) in [5.74, 6) is -0.270. The number of rotatable bonds is 6. The van der Waals surface area contributed by atoms with E-state index >= 15 is 0 Å². The van der Waals surface area contributed by atoms with Crippen molar-refractivity contribution in [1.29, 1.82) is 5.26 Å². The maximum absolute atomic E-state index is 13.3. The van der Waals surface area contributed by atoms with Crippen LogP contribution in [0.1, 0.15) is 36.2 Å². The molecule has 0 bridgehead atoms. The molecule has 0 aromatic heterocycles. The molecular weight excluding hydrogens is 448 g/mol. The van der Waals surface area contributed by atoms with Gasteiger partial charge in [0.15, 0.2) is 0 Å². The van der Waals surface area contributed by atoms with E-state index in [4.69, 9.17) is 16.9 Å². The van der Waals surface area contributed by atoms with Gasteiger partial charge >= 0.3 is 0 Å². The Morgan fingerprint density at radius 2 is 1.75 bits per heavy atom. The monoisotopic (exact) mass is 474 g/mol.